The second kappa shape index (κ2) is 42.4. The summed E-state index contributed by atoms with van der Waals surface area (Å²) in [6.07, 6.45) is 44.3. The van der Waals surface area contributed by atoms with Crippen LogP contribution in [0.5, 0.6) is 0 Å². The van der Waals surface area contributed by atoms with E-state index < -0.39 is 26.5 Å². The molecule has 0 aromatic rings. The van der Waals surface area contributed by atoms with Gasteiger partial charge < -0.3 is 20.1 Å². The Morgan fingerprint density at radius 3 is 1.36 bits per heavy atom. The molecule has 0 aliphatic rings. The van der Waals surface area contributed by atoms with E-state index >= 15 is 0 Å². The van der Waals surface area contributed by atoms with Crippen LogP contribution in [0.3, 0.4) is 0 Å². The molecule has 0 saturated heterocycles. The van der Waals surface area contributed by atoms with E-state index in [2.05, 4.69) is 31.3 Å². The summed E-state index contributed by atoms with van der Waals surface area (Å²) in [5, 5.41) is 12.7. The number of amides is 1. The van der Waals surface area contributed by atoms with Gasteiger partial charge in [-0.1, -0.05) is 193 Å². The second-order valence-electron chi connectivity index (χ2n) is 15.7. The molecule has 2 atom stereocenters. The van der Waals surface area contributed by atoms with Gasteiger partial charge in [-0.3, -0.25) is 18.6 Å². The Kier molecular flexibility index (Phi) is 41.4. The van der Waals surface area contributed by atoms with Gasteiger partial charge in [0.05, 0.1) is 13.2 Å². The van der Waals surface area contributed by atoms with Crippen LogP contribution < -0.4 is 5.32 Å². The summed E-state index contributed by atoms with van der Waals surface area (Å²) >= 11 is 0. The molecule has 2 unspecified atom stereocenters. The van der Waals surface area contributed by atoms with Gasteiger partial charge in [-0.05, 0) is 38.5 Å². The van der Waals surface area contributed by atoms with Gasteiger partial charge in [-0.2, -0.15) is 0 Å². The minimum atomic E-state index is -4.41. The molecule has 0 fully saturated rings. The Balaban J connectivity index is 3.54. The maximum absolute atomic E-state index is 12.1. The van der Waals surface area contributed by atoms with Gasteiger partial charge in [0.1, 0.15) is 12.7 Å². The molecule has 0 spiro atoms. The van der Waals surface area contributed by atoms with Crippen LogP contribution in [0.4, 0.5) is 0 Å². The van der Waals surface area contributed by atoms with Crippen molar-refractivity contribution in [2.45, 2.75) is 238 Å². The number of aliphatic hydroxyl groups is 1. The van der Waals surface area contributed by atoms with Gasteiger partial charge in [0, 0.05) is 19.4 Å². The molecule has 0 aliphatic carbocycles. The number of carbonyl (C=O) groups is 2. The van der Waals surface area contributed by atoms with Crippen molar-refractivity contribution in [3.05, 3.63) is 12.2 Å². The first-order valence-electron chi connectivity index (χ1n) is 23.2. The highest BCUT2D eigenvalue weighted by Gasteiger charge is 2.23. The number of phosphoric acid groups is 1. The number of ether oxygens (including phenoxy) is 1. The second-order valence-corrected chi connectivity index (χ2v) is 17.2. The molecule has 0 aromatic carbocycles. The number of hydrogen-bond donors (Lipinski definition) is 3. The van der Waals surface area contributed by atoms with Crippen LogP contribution >= 0.6 is 7.82 Å². The Bertz CT molecular complexity index is 917. The smallest absolute Gasteiger partial charge is 0.463 e. The Morgan fingerprint density at radius 1 is 0.545 bits per heavy atom. The summed E-state index contributed by atoms with van der Waals surface area (Å²) in [7, 11) is -4.41. The molecular weight excluding hydrogens is 713 g/mol. The largest absolute Gasteiger partial charge is 0.472 e. The molecule has 55 heavy (non-hydrogen) atoms. The number of phosphoric ester groups is 1. The lowest BCUT2D eigenvalue weighted by molar-refractivity contribution is -0.147. The van der Waals surface area contributed by atoms with Gasteiger partial charge >= 0.3 is 13.8 Å². The number of hydrogen-bond acceptors (Lipinski definition) is 7. The maximum Gasteiger partial charge on any atom is 0.472 e. The highest BCUT2D eigenvalue weighted by molar-refractivity contribution is 7.47. The van der Waals surface area contributed by atoms with E-state index in [0.29, 0.717) is 6.42 Å². The third-order valence-electron chi connectivity index (χ3n) is 10.2. The number of unbranched alkanes of at least 4 members (excludes halogenated alkanes) is 29. The highest BCUT2D eigenvalue weighted by atomic mass is 31.2. The summed E-state index contributed by atoms with van der Waals surface area (Å²) in [5.41, 5.74) is 0. The van der Waals surface area contributed by atoms with Crippen molar-refractivity contribution in [1.29, 1.82) is 0 Å². The molecule has 0 aromatic heterocycles. The predicted octanol–water partition coefficient (Wildman–Crippen LogP) is 13.0. The minimum absolute atomic E-state index is 0.0854. The van der Waals surface area contributed by atoms with Crippen LogP contribution in [-0.2, 0) is 27.9 Å². The van der Waals surface area contributed by atoms with E-state index in [4.69, 9.17) is 13.8 Å². The number of esters is 1. The highest BCUT2D eigenvalue weighted by Crippen LogP contribution is 2.42. The molecule has 0 bridgehead atoms. The van der Waals surface area contributed by atoms with Crippen molar-refractivity contribution in [3.8, 4) is 0 Å². The molecule has 1 amide bonds. The third-order valence-corrected chi connectivity index (χ3v) is 11.2. The number of aliphatic hydroxyl groups excluding tert-OH is 1. The number of carbonyl (C=O) groups excluding carboxylic acids is 2. The SMILES string of the molecule is CCCCCCCC/C=C/CCCCCCCCCCCCCC(=O)NCCOP(=O)(O)OCC(O)COC(=O)CCCCCCCCCCCCCCC. The molecular formula is C45H88NO8P. The van der Waals surface area contributed by atoms with Crippen LogP contribution in [0, 0.1) is 0 Å². The molecule has 0 aliphatic heterocycles. The molecule has 0 saturated carbocycles. The van der Waals surface area contributed by atoms with Gasteiger partial charge in [-0.25, -0.2) is 4.57 Å². The van der Waals surface area contributed by atoms with Crippen LogP contribution in [0.1, 0.15) is 232 Å². The topological polar surface area (TPSA) is 131 Å². The zero-order chi connectivity index (χ0) is 40.3. The van der Waals surface area contributed by atoms with Crippen LogP contribution in [0.25, 0.3) is 0 Å². The van der Waals surface area contributed by atoms with E-state index in [9.17, 15) is 24.2 Å². The van der Waals surface area contributed by atoms with Crippen LogP contribution in [0.2, 0.25) is 0 Å². The number of rotatable bonds is 44. The lowest BCUT2D eigenvalue weighted by Gasteiger charge is -2.15. The first kappa shape index (κ1) is 53.8. The first-order chi connectivity index (χ1) is 26.8. The minimum Gasteiger partial charge on any atom is -0.463 e. The summed E-state index contributed by atoms with van der Waals surface area (Å²) in [6.45, 7) is 3.58. The zero-order valence-corrected chi connectivity index (χ0v) is 36.8. The number of nitrogens with one attached hydrogen (secondary N) is 1. The van der Waals surface area contributed by atoms with Crippen molar-refractivity contribution in [2.24, 2.45) is 0 Å². The monoisotopic (exact) mass is 802 g/mol. The van der Waals surface area contributed by atoms with Crippen LogP contribution in [-0.4, -0.2) is 54.3 Å². The van der Waals surface area contributed by atoms with E-state index in [-0.39, 0.29) is 32.1 Å². The van der Waals surface area contributed by atoms with E-state index in [1.807, 2.05) is 0 Å². The van der Waals surface area contributed by atoms with Crippen molar-refractivity contribution in [1.82, 2.24) is 5.32 Å². The molecule has 3 N–H and O–H groups in total. The summed E-state index contributed by atoms with van der Waals surface area (Å²) in [6, 6.07) is 0. The maximum atomic E-state index is 12.1. The van der Waals surface area contributed by atoms with Gasteiger partial charge in [0.15, 0.2) is 0 Å². The van der Waals surface area contributed by atoms with E-state index in [1.165, 1.54) is 167 Å². The molecule has 9 nitrogen and oxygen atoms in total. The van der Waals surface area contributed by atoms with Gasteiger partial charge in [0.25, 0.3) is 0 Å². The summed E-state index contributed by atoms with van der Waals surface area (Å²) in [4.78, 5) is 33.9. The average Bonchev–Trinajstić information content (AvgIpc) is 3.17. The molecule has 0 rings (SSSR count). The quantitative estimate of drug-likeness (QED) is 0.0240. The van der Waals surface area contributed by atoms with Crippen molar-refractivity contribution in [2.75, 3.05) is 26.4 Å². The molecule has 326 valence electrons. The Morgan fingerprint density at radius 2 is 0.927 bits per heavy atom. The molecule has 0 radical (unpaired) electrons. The average molecular weight is 802 g/mol. The van der Waals surface area contributed by atoms with Gasteiger partial charge in [-0.15, -0.1) is 0 Å². The lowest BCUT2D eigenvalue weighted by Crippen LogP contribution is -2.27. The van der Waals surface area contributed by atoms with Crippen molar-refractivity contribution in [3.63, 3.8) is 0 Å². The Hall–Kier alpha value is -1.25. The first-order valence-corrected chi connectivity index (χ1v) is 24.7. The van der Waals surface area contributed by atoms with Gasteiger partial charge in [0.2, 0.25) is 5.91 Å². The number of allylic oxidation sites excluding steroid dienone is 2. The Labute approximate surface area is 338 Å². The molecule has 0 heterocycles. The standard InChI is InChI=1S/C45H88NO8P/c1-3-5-7-9-11-13-15-17-18-19-20-21-22-23-24-26-27-29-31-33-35-37-44(48)46-39-40-53-55(50,51)54-42-43(47)41-52-45(49)38-36-34-32-30-28-25-16-14-12-10-8-6-4-2/h17-18,43,47H,3-16,19-42H2,1-2H3,(H,46,48)(H,50,51)/b18-17+. The normalized spacial score (nSPS) is 13.3. The van der Waals surface area contributed by atoms with Crippen molar-refractivity contribution < 1.29 is 37.9 Å². The fourth-order valence-electron chi connectivity index (χ4n) is 6.67. The predicted molar refractivity (Wildman–Crippen MR) is 229 cm³/mol. The summed E-state index contributed by atoms with van der Waals surface area (Å²) < 4.78 is 26.9. The van der Waals surface area contributed by atoms with E-state index in [0.717, 1.165) is 38.5 Å². The fraction of sp³-hybridized carbons (Fsp3) is 0.911. The fourth-order valence-corrected chi connectivity index (χ4v) is 7.43. The lowest BCUT2D eigenvalue weighted by atomic mass is 10.0. The van der Waals surface area contributed by atoms with E-state index in [1.54, 1.807) is 0 Å². The molecule has 10 heteroatoms. The van der Waals surface area contributed by atoms with Crippen LogP contribution in [0.15, 0.2) is 12.2 Å². The third kappa shape index (κ3) is 43.7. The zero-order valence-electron chi connectivity index (χ0n) is 35.9. The van der Waals surface area contributed by atoms with Crippen molar-refractivity contribution >= 4 is 19.7 Å². The summed E-state index contributed by atoms with van der Waals surface area (Å²) in [5.74, 6) is -0.507.